The molecule has 2 aromatic heterocycles. The quantitative estimate of drug-likeness (QED) is 0.413. The van der Waals surface area contributed by atoms with Gasteiger partial charge in [0.2, 0.25) is 5.88 Å². The average Bonchev–Trinajstić information content (AvgIpc) is 3.04. The molecule has 31 heavy (non-hydrogen) atoms. The molecule has 0 unspecified atom stereocenters. The van der Waals surface area contributed by atoms with Crippen molar-refractivity contribution in [2.24, 2.45) is 5.41 Å². The Balaban J connectivity index is 1.93. The first-order chi connectivity index (χ1) is 14.8. The van der Waals surface area contributed by atoms with Crippen molar-refractivity contribution in [2.45, 2.75) is 20.8 Å². The topological polar surface area (TPSA) is 75.3 Å². The van der Waals surface area contributed by atoms with Gasteiger partial charge in [0.1, 0.15) is 0 Å². The van der Waals surface area contributed by atoms with Crippen LogP contribution in [0.5, 0.6) is 11.6 Å². The van der Waals surface area contributed by atoms with Crippen LogP contribution in [0.4, 0.5) is 0 Å². The molecule has 0 aliphatic heterocycles. The monoisotopic (exact) mass is 412 g/mol. The number of rotatable bonds is 4. The molecule has 0 aliphatic rings. The molecular formula is C26H24N2O3. The molecule has 0 aliphatic carbocycles. The molecule has 0 saturated carbocycles. The molecule has 5 nitrogen and oxygen atoms in total. The van der Waals surface area contributed by atoms with Gasteiger partial charge in [-0.1, -0.05) is 69.3 Å². The average molecular weight is 412 g/mol. The van der Waals surface area contributed by atoms with Crippen molar-refractivity contribution in [3.05, 3.63) is 84.6 Å². The van der Waals surface area contributed by atoms with Crippen molar-refractivity contribution < 1.29 is 15.0 Å². The Morgan fingerprint density at radius 3 is 2.06 bits per heavy atom. The predicted octanol–water partition coefficient (Wildman–Crippen LogP) is 5.85. The number of aromatic nitrogens is 2. The summed E-state index contributed by atoms with van der Waals surface area (Å²) in [4.78, 5) is 17.6. The van der Waals surface area contributed by atoms with Gasteiger partial charge in [-0.2, -0.15) is 0 Å². The Morgan fingerprint density at radius 1 is 0.839 bits per heavy atom. The summed E-state index contributed by atoms with van der Waals surface area (Å²) in [5, 5.41) is 21.6. The van der Waals surface area contributed by atoms with E-state index >= 15 is 0 Å². The fourth-order valence-corrected chi connectivity index (χ4v) is 3.57. The summed E-state index contributed by atoms with van der Waals surface area (Å²) < 4.78 is 1.52. The summed E-state index contributed by atoms with van der Waals surface area (Å²) in [7, 11) is 0. The third-order valence-electron chi connectivity index (χ3n) is 5.16. The number of benzene rings is 2. The molecular weight excluding hydrogens is 388 g/mol. The Bertz CT molecular complexity index is 1220. The summed E-state index contributed by atoms with van der Waals surface area (Å²) >= 11 is 0. The van der Waals surface area contributed by atoms with Crippen LogP contribution in [0.3, 0.4) is 0 Å². The van der Waals surface area contributed by atoms with Gasteiger partial charge in [0.05, 0.1) is 17.0 Å². The van der Waals surface area contributed by atoms with Crippen LogP contribution < -0.4 is 0 Å². The molecule has 2 N–H and O–H groups in total. The highest BCUT2D eigenvalue weighted by molar-refractivity contribution is 6.08. The number of carbonyl (C=O) groups excluding carboxylic acids is 1. The summed E-state index contributed by atoms with van der Waals surface area (Å²) in [6.45, 7) is 5.37. The van der Waals surface area contributed by atoms with Crippen LogP contribution in [0.25, 0.3) is 28.2 Å². The molecule has 156 valence electrons. The zero-order valence-corrected chi connectivity index (χ0v) is 17.7. The number of pyridine rings is 1. The van der Waals surface area contributed by atoms with E-state index in [0.29, 0.717) is 11.4 Å². The Labute approximate surface area is 181 Å². The van der Waals surface area contributed by atoms with Gasteiger partial charge in [-0.25, -0.2) is 0 Å². The molecule has 0 fully saturated rings. The molecule has 2 aromatic carbocycles. The lowest BCUT2D eigenvalue weighted by Gasteiger charge is -2.18. The highest BCUT2D eigenvalue weighted by Gasteiger charge is 2.34. The largest absolute Gasteiger partial charge is 0.503 e. The molecule has 5 heteroatoms. The van der Waals surface area contributed by atoms with Crippen molar-refractivity contribution in [1.82, 2.24) is 9.55 Å². The molecule has 4 rings (SSSR count). The van der Waals surface area contributed by atoms with Crippen LogP contribution in [-0.2, 0) is 0 Å². The van der Waals surface area contributed by atoms with Crippen LogP contribution in [0.1, 0.15) is 31.1 Å². The number of ketones is 1. The van der Waals surface area contributed by atoms with Gasteiger partial charge in [0.25, 0.3) is 0 Å². The number of carbonyl (C=O) groups is 1. The minimum Gasteiger partial charge on any atom is -0.503 e. The minimum atomic E-state index is -0.734. The molecule has 2 heterocycles. The van der Waals surface area contributed by atoms with Crippen LogP contribution in [-0.4, -0.2) is 25.5 Å². The van der Waals surface area contributed by atoms with Crippen LogP contribution in [0.15, 0.2) is 79.0 Å². The van der Waals surface area contributed by atoms with Gasteiger partial charge in [-0.15, -0.1) is 0 Å². The van der Waals surface area contributed by atoms with E-state index in [1.807, 2.05) is 72.8 Å². The zero-order chi connectivity index (χ0) is 22.2. The standard InChI is InChI=1S/C26H24N2O3/c1-26(2,3)24(30)21-22(18-9-5-4-6-10-18)28(25(31)23(21)29)19-14-12-17(13-15-19)20-11-7-8-16-27-20/h4-16,29,31H,1-3H3. The van der Waals surface area contributed by atoms with E-state index in [-0.39, 0.29) is 17.2 Å². The molecule has 0 amide bonds. The van der Waals surface area contributed by atoms with Crippen LogP contribution in [0, 0.1) is 5.41 Å². The second-order valence-electron chi connectivity index (χ2n) is 8.44. The first kappa shape index (κ1) is 20.4. The second kappa shape index (κ2) is 7.76. The van der Waals surface area contributed by atoms with Crippen LogP contribution >= 0.6 is 0 Å². The molecule has 0 atom stereocenters. The Morgan fingerprint density at radius 2 is 1.48 bits per heavy atom. The van der Waals surface area contributed by atoms with E-state index in [4.69, 9.17) is 0 Å². The highest BCUT2D eigenvalue weighted by Crippen LogP contribution is 2.45. The number of hydrogen-bond acceptors (Lipinski definition) is 4. The Kier molecular flexibility index (Phi) is 5.11. The lowest BCUT2D eigenvalue weighted by molar-refractivity contribution is 0.0856. The van der Waals surface area contributed by atoms with Gasteiger partial charge < -0.3 is 10.2 Å². The summed E-state index contributed by atoms with van der Waals surface area (Å²) in [6.07, 6.45) is 1.73. The van der Waals surface area contributed by atoms with E-state index < -0.39 is 11.2 Å². The smallest absolute Gasteiger partial charge is 0.240 e. The fourth-order valence-electron chi connectivity index (χ4n) is 3.57. The van der Waals surface area contributed by atoms with E-state index in [1.165, 1.54) is 4.57 Å². The Hall–Kier alpha value is -3.86. The summed E-state index contributed by atoms with van der Waals surface area (Å²) in [6, 6.07) is 22.5. The summed E-state index contributed by atoms with van der Waals surface area (Å²) in [5.74, 6) is -1.02. The number of hydrogen-bond donors (Lipinski definition) is 2. The van der Waals surface area contributed by atoms with Gasteiger partial charge in [-0.3, -0.25) is 14.3 Å². The molecule has 0 bridgehead atoms. The lowest BCUT2D eigenvalue weighted by atomic mass is 9.85. The SMILES string of the molecule is CC(C)(C)C(=O)c1c(O)c(O)n(-c2ccc(-c3ccccn3)cc2)c1-c1ccccc1. The maximum Gasteiger partial charge on any atom is 0.240 e. The molecule has 4 aromatic rings. The molecule has 0 saturated heterocycles. The van der Waals surface area contributed by atoms with Crippen molar-refractivity contribution in [2.75, 3.05) is 0 Å². The number of aromatic hydroxyl groups is 2. The maximum atomic E-state index is 13.2. The first-order valence-corrected chi connectivity index (χ1v) is 10.1. The predicted molar refractivity (Wildman–Crippen MR) is 122 cm³/mol. The highest BCUT2D eigenvalue weighted by atomic mass is 16.3. The normalized spacial score (nSPS) is 11.5. The van der Waals surface area contributed by atoms with Crippen LogP contribution in [0.2, 0.25) is 0 Å². The van der Waals surface area contributed by atoms with Gasteiger partial charge in [0.15, 0.2) is 11.5 Å². The van der Waals surface area contributed by atoms with Crippen molar-refractivity contribution in [1.29, 1.82) is 0 Å². The third-order valence-corrected chi connectivity index (χ3v) is 5.16. The minimum absolute atomic E-state index is 0.116. The fraction of sp³-hybridized carbons (Fsp3) is 0.154. The van der Waals surface area contributed by atoms with Crippen molar-refractivity contribution >= 4 is 5.78 Å². The first-order valence-electron chi connectivity index (χ1n) is 10.1. The summed E-state index contributed by atoms with van der Waals surface area (Å²) in [5.41, 5.74) is 2.94. The van der Waals surface area contributed by atoms with Crippen molar-refractivity contribution in [3.8, 4) is 39.8 Å². The maximum absolute atomic E-state index is 13.2. The van der Waals surface area contributed by atoms with Gasteiger partial charge >= 0.3 is 0 Å². The number of nitrogens with zero attached hydrogens (tertiary/aromatic N) is 2. The molecule has 0 spiro atoms. The van der Waals surface area contributed by atoms with E-state index in [0.717, 1.165) is 16.8 Å². The van der Waals surface area contributed by atoms with E-state index in [9.17, 15) is 15.0 Å². The van der Waals surface area contributed by atoms with Gasteiger partial charge in [-0.05, 0) is 29.8 Å². The van der Waals surface area contributed by atoms with E-state index in [2.05, 4.69) is 4.98 Å². The number of Topliss-reactive ketones (excluding diaryl/α,β-unsaturated/α-hetero) is 1. The van der Waals surface area contributed by atoms with Gasteiger partial charge in [0, 0.05) is 22.9 Å². The lowest BCUT2D eigenvalue weighted by Crippen LogP contribution is -2.20. The zero-order valence-electron chi connectivity index (χ0n) is 17.7. The molecule has 0 radical (unpaired) electrons. The van der Waals surface area contributed by atoms with E-state index in [1.54, 1.807) is 27.0 Å². The van der Waals surface area contributed by atoms with Crippen molar-refractivity contribution in [3.63, 3.8) is 0 Å². The third kappa shape index (κ3) is 3.70. The second-order valence-corrected chi connectivity index (χ2v) is 8.44.